The standard InChI is InChI=1S/C17H27NO2/c1-12-8-13(2)17(14(3)9-12)20-11-16(19)10-18-15-6-4-5-7-15/h8-9,15-16,18-19H,4-7,10-11H2,1-3H3/t16-/m0/s1. The van der Waals surface area contributed by atoms with Crippen molar-refractivity contribution in [2.45, 2.75) is 58.6 Å². The molecule has 0 bridgehead atoms. The van der Waals surface area contributed by atoms with Gasteiger partial charge in [0, 0.05) is 12.6 Å². The number of nitrogens with one attached hydrogen (secondary N) is 1. The Balaban J connectivity index is 1.79. The highest BCUT2D eigenvalue weighted by Crippen LogP contribution is 2.24. The van der Waals surface area contributed by atoms with Gasteiger partial charge in [-0.1, -0.05) is 30.5 Å². The molecular formula is C17H27NO2. The van der Waals surface area contributed by atoms with Crippen LogP contribution in [-0.4, -0.2) is 30.4 Å². The topological polar surface area (TPSA) is 41.5 Å². The van der Waals surface area contributed by atoms with Gasteiger partial charge in [0.05, 0.1) is 0 Å². The Morgan fingerprint density at radius 3 is 2.40 bits per heavy atom. The molecule has 3 nitrogen and oxygen atoms in total. The van der Waals surface area contributed by atoms with E-state index in [0.29, 0.717) is 19.2 Å². The molecule has 3 heteroatoms. The summed E-state index contributed by atoms with van der Waals surface area (Å²) >= 11 is 0. The van der Waals surface area contributed by atoms with Crippen molar-refractivity contribution in [3.8, 4) is 5.75 Å². The summed E-state index contributed by atoms with van der Waals surface area (Å²) < 4.78 is 5.81. The minimum Gasteiger partial charge on any atom is -0.490 e. The molecule has 20 heavy (non-hydrogen) atoms. The Labute approximate surface area is 122 Å². The SMILES string of the molecule is Cc1cc(C)c(OC[C@@H](O)CNC2CCCC2)c(C)c1. The highest BCUT2D eigenvalue weighted by Gasteiger charge is 2.16. The molecule has 0 radical (unpaired) electrons. The lowest BCUT2D eigenvalue weighted by molar-refractivity contribution is 0.103. The van der Waals surface area contributed by atoms with Crippen molar-refractivity contribution in [3.63, 3.8) is 0 Å². The fourth-order valence-corrected chi connectivity index (χ4v) is 3.07. The number of rotatable bonds is 6. The largest absolute Gasteiger partial charge is 0.490 e. The van der Waals surface area contributed by atoms with E-state index in [1.165, 1.54) is 31.2 Å². The molecule has 1 atom stereocenters. The van der Waals surface area contributed by atoms with Crippen LogP contribution in [0.25, 0.3) is 0 Å². The van der Waals surface area contributed by atoms with Crippen molar-refractivity contribution in [2.24, 2.45) is 0 Å². The van der Waals surface area contributed by atoms with Gasteiger partial charge in [0.15, 0.2) is 0 Å². The molecule has 0 unspecified atom stereocenters. The van der Waals surface area contributed by atoms with Gasteiger partial charge in [-0.15, -0.1) is 0 Å². The van der Waals surface area contributed by atoms with Crippen LogP contribution in [0.5, 0.6) is 5.75 Å². The Bertz CT molecular complexity index is 416. The van der Waals surface area contributed by atoms with Crippen molar-refractivity contribution in [1.82, 2.24) is 5.32 Å². The maximum atomic E-state index is 10.0. The normalized spacial score (nSPS) is 17.4. The summed E-state index contributed by atoms with van der Waals surface area (Å²) in [6.07, 6.45) is 4.65. The van der Waals surface area contributed by atoms with Gasteiger partial charge < -0.3 is 15.2 Å². The van der Waals surface area contributed by atoms with Crippen LogP contribution < -0.4 is 10.1 Å². The molecule has 0 spiro atoms. The third kappa shape index (κ3) is 4.22. The van der Waals surface area contributed by atoms with Crippen molar-refractivity contribution in [3.05, 3.63) is 28.8 Å². The molecule has 2 rings (SSSR count). The van der Waals surface area contributed by atoms with E-state index in [4.69, 9.17) is 4.74 Å². The maximum Gasteiger partial charge on any atom is 0.125 e. The molecule has 1 aromatic rings. The fraction of sp³-hybridized carbons (Fsp3) is 0.647. The van der Waals surface area contributed by atoms with E-state index < -0.39 is 6.10 Å². The second-order valence-electron chi connectivity index (χ2n) is 6.08. The molecule has 0 heterocycles. The van der Waals surface area contributed by atoms with Gasteiger partial charge in [-0.2, -0.15) is 0 Å². The summed E-state index contributed by atoms with van der Waals surface area (Å²) in [4.78, 5) is 0. The van der Waals surface area contributed by atoms with E-state index >= 15 is 0 Å². The molecule has 1 aliphatic rings. The van der Waals surface area contributed by atoms with Crippen molar-refractivity contribution < 1.29 is 9.84 Å². The third-order valence-electron chi connectivity index (χ3n) is 4.02. The van der Waals surface area contributed by atoms with Gasteiger partial charge in [0.1, 0.15) is 18.5 Å². The molecular weight excluding hydrogens is 250 g/mol. The van der Waals surface area contributed by atoms with Gasteiger partial charge in [0.25, 0.3) is 0 Å². The summed E-state index contributed by atoms with van der Waals surface area (Å²) in [6, 6.07) is 4.82. The molecule has 1 fully saturated rings. The van der Waals surface area contributed by atoms with Crippen molar-refractivity contribution >= 4 is 0 Å². The van der Waals surface area contributed by atoms with Crippen LogP contribution in [-0.2, 0) is 0 Å². The molecule has 112 valence electrons. The zero-order valence-electron chi connectivity index (χ0n) is 12.9. The van der Waals surface area contributed by atoms with E-state index in [2.05, 4.69) is 38.2 Å². The summed E-state index contributed by atoms with van der Waals surface area (Å²) in [5, 5.41) is 13.4. The van der Waals surface area contributed by atoms with Gasteiger partial charge >= 0.3 is 0 Å². The average Bonchev–Trinajstić information content (AvgIpc) is 2.88. The summed E-state index contributed by atoms with van der Waals surface area (Å²) in [5.74, 6) is 0.913. The van der Waals surface area contributed by atoms with Gasteiger partial charge in [-0.05, 0) is 44.7 Å². The predicted octanol–water partition coefficient (Wildman–Crippen LogP) is 2.88. The Morgan fingerprint density at radius 2 is 1.80 bits per heavy atom. The molecule has 1 aliphatic carbocycles. The Kier molecular flexibility index (Phi) is 5.44. The van der Waals surface area contributed by atoms with Crippen LogP contribution in [0.1, 0.15) is 42.4 Å². The first-order valence-corrected chi connectivity index (χ1v) is 7.68. The number of aliphatic hydroxyl groups is 1. The lowest BCUT2D eigenvalue weighted by atomic mass is 10.1. The first-order valence-electron chi connectivity index (χ1n) is 7.68. The summed E-state index contributed by atoms with van der Waals surface area (Å²) in [5.41, 5.74) is 3.52. The predicted molar refractivity (Wildman–Crippen MR) is 82.4 cm³/mol. The van der Waals surface area contributed by atoms with E-state index in [0.717, 1.165) is 16.9 Å². The van der Waals surface area contributed by atoms with Crippen molar-refractivity contribution in [2.75, 3.05) is 13.2 Å². The quantitative estimate of drug-likeness (QED) is 0.840. The molecule has 0 aromatic heterocycles. The third-order valence-corrected chi connectivity index (χ3v) is 4.02. The van der Waals surface area contributed by atoms with Gasteiger partial charge in [0.2, 0.25) is 0 Å². The zero-order valence-corrected chi connectivity index (χ0v) is 12.9. The van der Waals surface area contributed by atoms with Gasteiger partial charge in [-0.25, -0.2) is 0 Å². The smallest absolute Gasteiger partial charge is 0.125 e. The highest BCUT2D eigenvalue weighted by atomic mass is 16.5. The zero-order chi connectivity index (χ0) is 14.5. The number of aliphatic hydroxyl groups excluding tert-OH is 1. The first kappa shape index (κ1) is 15.3. The molecule has 0 saturated heterocycles. The Morgan fingerprint density at radius 1 is 1.20 bits per heavy atom. The summed E-state index contributed by atoms with van der Waals surface area (Å²) in [7, 11) is 0. The van der Waals surface area contributed by atoms with Crippen LogP contribution in [0.3, 0.4) is 0 Å². The number of hydrogen-bond acceptors (Lipinski definition) is 3. The van der Waals surface area contributed by atoms with Crippen LogP contribution in [0, 0.1) is 20.8 Å². The van der Waals surface area contributed by atoms with E-state index in [1.807, 2.05) is 0 Å². The minimum absolute atomic E-state index is 0.352. The molecule has 1 saturated carbocycles. The molecule has 0 aliphatic heterocycles. The lowest BCUT2D eigenvalue weighted by Crippen LogP contribution is -2.36. The number of hydrogen-bond donors (Lipinski definition) is 2. The number of benzene rings is 1. The minimum atomic E-state index is -0.448. The van der Waals surface area contributed by atoms with Crippen LogP contribution >= 0.6 is 0 Å². The maximum absolute atomic E-state index is 10.0. The monoisotopic (exact) mass is 277 g/mol. The number of ether oxygens (including phenoxy) is 1. The number of aryl methyl sites for hydroxylation is 3. The van der Waals surface area contributed by atoms with Gasteiger partial charge in [-0.3, -0.25) is 0 Å². The van der Waals surface area contributed by atoms with E-state index in [-0.39, 0.29) is 0 Å². The van der Waals surface area contributed by atoms with Crippen molar-refractivity contribution in [1.29, 1.82) is 0 Å². The second kappa shape index (κ2) is 7.09. The van der Waals surface area contributed by atoms with Crippen LogP contribution in [0.15, 0.2) is 12.1 Å². The second-order valence-corrected chi connectivity index (χ2v) is 6.08. The fourth-order valence-electron chi connectivity index (χ4n) is 3.07. The Hall–Kier alpha value is -1.06. The van der Waals surface area contributed by atoms with E-state index in [9.17, 15) is 5.11 Å². The van der Waals surface area contributed by atoms with E-state index in [1.54, 1.807) is 0 Å². The molecule has 1 aromatic carbocycles. The highest BCUT2D eigenvalue weighted by molar-refractivity contribution is 5.42. The first-order chi connectivity index (χ1) is 9.56. The van der Waals surface area contributed by atoms with Crippen LogP contribution in [0.4, 0.5) is 0 Å². The van der Waals surface area contributed by atoms with Crippen LogP contribution in [0.2, 0.25) is 0 Å². The molecule has 2 N–H and O–H groups in total. The lowest BCUT2D eigenvalue weighted by Gasteiger charge is -2.18. The molecule has 0 amide bonds. The average molecular weight is 277 g/mol. The summed E-state index contributed by atoms with van der Waals surface area (Å²) in [6.45, 7) is 7.17.